The minimum Gasteiger partial charge on any atom is -0.414 e. The fourth-order valence-corrected chi connectivity index (χ4v) is 1.67. The number of ether oxygens (including phenoxy) is 1. The standard InChI is InChI=1S/C11H6ClNO4/c12-11(14)17-10-6-5-9(13(15)16)7-3-1-2-4-8(7)10/h1-6H. The fourth-order valence-electron chi connectivity index (χ4n) is 1.59. The molecule has 17 heavy (non-hydrogen) atoms. The van der Waals surface area contributed by atoms with Crippen molar-refractivity contribution in [1.29, 1.82) is 0 Å². The molecule has 0 aromatic heterocycles. The lowest BCUT2D eigenvalue weighted by Crippen LogP contribution is -1.98. The molecule has 0 atom stereocenters. The molecule has 0 spiro atoms. The van der Waals surface area contributed by atoms with Gasteiger partial charge in [-0.05, 0) is 12.1 Å². The summed E-state index contributed by atoms with van der Waals surface area (Å²) in [6.45, 7) is 0. The van der Waals surface area contributed by atoms with Crippen molar-refractivity contribution in [1.82, 2.24) is 0 Å². The van der Waals surface area contributed by atoms with Crippen LogP contribution < -0.4 is 4.74 Å². The van der Waals surface area contributed by atoms with E-state index < -0.39 is 10.4 Å². The van der Waals surface area contributed by atoms with Crippen molar-refractivity contribution in [3.63, 3.8) is 0 Å². The smallest absolute Gasteiger partial charge is 0.409 e. The number of non-ortho nitro benzene ring substituents is 1. The molecule has 0 heterocycles. The molecule has 0 radical (unpaired) electrons. The molecule has 0 fully saturated rings. The second-order valence-corrected chi connectivity index (χ2v) is 3.53. The Bertz CT molecular complexity index is 611. The molecule has 0 amide bonds. The highest BCUT2D eigenvalue weighted by Crippen LogP contribution is 2.32. The summed E-state index contributed by atoms with van der Waals surface area (Å²) >= 11 is 5.12. The molecular weight excluding hydrogens is 246 g/mol. The van der Waals surface area contributed by atoms with Gasteiger partial charge in [-0.25, -0.2) is 4.79 Å². The maximum absolute atomic E-state index is 10.8. The Morgan fingerprint density at radius 1 is 1.18 bits per heavy atom. The normalized spacial score (nSPS) is 10.2. The summed E-state index contributed by atoms with van der Waals surface area (Å²) in [5.74, 6) is 0.200. The molecule has 5 nitrogen and oxygen atoms in total. The third kappa shape index (κ3) is 2.19. The Kier molecular flexibility index (Phi) is 2.93. The number of nitro groups is 1. The topological polar surface area (TPSA) is 69.4 Å². The molecule has 0 unspecified atom stereocenters. The lowest BCUT2D eigenvalue weighted by molar-refractivity contribution is -0.383. The lowest BCUT2D eigenvalue weighted by atomic mass is 10.1. The van der Waals surface area contributed by atoms with E-state index in [9.17, 15) is 14.9 Å². The van der Waals surface area contributed by atoms with Crippen LogP contribution in [0.4, 0.5) is 10.5 Å². The quantitative estimate of drug-likeness (QED) is 0.465. The maximum atomic E-state index is 10.8. The molecule has 0 N–H and O–H groups in total. The highest BCUT2D eigenvalue weighted by molar-refractivity contribution is 6.61. The van der Waals surface area contributed by atoms with Gasteiger partial charge < -0.3 is 4.74 Å². The molecule has 0 aliphatic carbocycles. The van der Waals surface area contributed by atoms with E-state index in [-0.39, 0.29) is 11.4 Å². The fraction of sp³-hybridized carbons (Fsp3) is 0. The number of carbonyl (C=O) groups is 1. The number of benzene rings is 2. The van der Waals surface area contributed by atoms with Gasteiger partial charge in [-0.1, -0.05) is 18.2 Å². The van der Waals surface area contributed by atoms with Crippen molar-refractivity contribution in [3.05, 3.63) is 46.5 Å². The van der Waals surface area contributed by atoms with Gasteiger partial charge in [0.25, 0.3) is 5.69 Å². The van der Waals surface area contributed by atoms with Crippen LogP contribution in [0.15, 0.2) is 36.4 Å². The van der Waals surface area contributed by atoms with Crippen LogP contribution in [-0.4, -0.2) is 10.4 Å². The molecule has 6 heteroatoms. The Morgan fingerprint density at radius 2 is 1.82 bits per heavy atom. The van der Waals surface area contributed by atoms with E-state index in [0.717, 1.165) is 0 Å². The van der Waals surface area contributed by atoms with Gasteiger partial charge in [0.1, 0.15) is 5.75 Å². The summed E-state index contributed by atoms with van der Waals surface area (Å²) in [4.78, 5) is 21.0. The van der Waals surface area contributed by atoms with Crippen LogP contribution in [-0.2, 0) is 0 Å². The minimum atomic E-state index is -0.982. The molecule has 0 saturated carbocycles. The van der Waals surface area contributed by atoms with Crippen LogP contribution >= 0.6 is 11.6 Å². The van der Waals surface area contributed by atoms with Gasteiger partial charge in [0.2, 0.25) is 0 Å². The molecular formula is C11H6ClNO4. The molecule has 86 valence electrons. The molecule has 2 rings (SSSR count). The largest absolute Gasteiger partial charge is 0.414 e. The summed E-state index contributed by atoms with van der Waals surface area (Å²) in [5.41, 5.74) is -1.03. The molecule has 0 bridgehead atoms. The zero-order chi connectivity index (χ0) is 12.4. The summed E-state index contributed by atoms with van der Waals surface area (Å²) in [6.07, 6.45) is 0. The first-order valence-electron chi connectivity index (χ1n) is 4.63. The zero-order valence-corrected chi connectivity index (χ0v) is 9.18. The van der Waals surface area contributed by atoms with Crippen LogP contribution in [0.1, 0.15) is 0 Å². The van der Waals surface area contributed by atoms with Crippen LogP contribution in [0, 0.1) is 10.1 Å². The predicted octanol–water partition coefficient (Wildman–Crippen LogP) is 3.49. The summed E-state index contributed by atoms with van der Waals surface area (Å²) in [6, 6.07) is 9.19. The van der Waals surface area contributed by atoms with Gasteiger partial charge in [-0.3, -0.25) is 10.1 Å². The average Bonchev–Trinajstić information content (AvgIpc) is 2.28. The number of nitro benzene ring substituents is 1. The van der Waals surface area contributed by atoms with Gasteiger partial charge in [0.05, 0.1) is 10.3 Å². The lowest BCUT2D eigenvalue weighted by Gasteiger charge is -2.05. The number of hydrogen-bond donors (Lipinski definition) is 0. The number of nitrogens with zero attached hydrogens (tertiary/aromatic N) is 1. The highest BCUT2D eigenvalue weighted by atomic mass is 35.5. The Labute approximate surface area is 101 Å². The minimum absolute atomic E-state index is 0.0463. The Morgan fingerprint density at radius 3 is 2.41 bits per heavy atom. The van der Waals surface area contributed by atoms with Crippen molar-refractivity contribution >= 4 is 33.5 Å². The predicted molar refractivity (Wildman–Crippen MR) is 62.5 cm³/mol. The Balaban J connectivity index is 2.70. The van der Waals surface area contributed by atoms with E-state index in [4.69, 9.17) is 16.3 Å². The summed E-state index contributed by atoms with van der Waals surface area (Å²) in [5, 5.41) is 11.7. The van der Waals surface area contributed by atoms with Gasteiger partial charge in [0, 0.05) is 23.1 Å². The van der Waals surface area contributed by atoms with Crippen molar-refractivity contribution in [2.75, 3.05) is 0 Å². The molecule has 0 saturated heterocycles. The number of hydrogen-bond acceptors (Lipinski definition) is 4. The molecule has 2 aromatic rings. The van der Waals surface area contributed by atoms with E-state index in [2.05, 4.69) is 0 Å². The maximum Gasteiger partial charge on any atom is 0.409 e. The van der Waals surface area contributed by atoms with Gasteiger partial charge in [0.15, 0.2) is 0 Å². The van der Waals surface area contributed by atoms with E-state index in [1.54, 1.807) is 24.3 Å². The molecule has 2 aromatic carbocycles. The SMILES string of the molecule is O=C(Cl)Oc1ccc([N+](=O)[O-])c2ccccc12. The number of carbonyl (C=O) groups excluding carboxylic acids is 1. The molecule has 0 aliphatic rings. The average molecular weight is 252 g/mol. The summed E-state index contributed by atoms with van der Waals surface area (Å²) < 4.78 is 4.77. The van der Waals surface area contributed by atoms with E-state index in [1.165, 1.54) is 12.1 Å². The van der Waals surface area contributed by atoms with Crippen LogP contribution in [0.5, 0.6) is 5.75 Å². The number of halogens is 1. The first kappa shape index (κ1) is 11.3. The van der Waals surface area contributed by atoms with Crippen molar-refractivity contribution < 1.29 is 14.5 Å². The van der Waals surface area contributed by atoms with Crippen LogP contribution in [0.2, 0.25) is 0 Å². The third-order valence-corrected chi connectivity index (χ3v) is 2.33. The van der Waals surface area contributed by atoms with Crippen molar-refractivity contribution in [2.24, 2.45) is 0 Å². The first-order valence-corrected chi connectivity index (χ1v) is 5.01. The Hall–Kier alpha value is -2.14. The molecule has 0 aliphatic heterocycles. The van der Waals surface area contributed by atoms with E-state index >= 15 is 0 Å². The first-order chi connectivity index (χ1) is 8.09. The zero-order valence-electron chi connectivity index (χ0n) is 8.42. The van der Waals surface area contributed by atoms with Crippen LogP contribution in [0.25, 0.3) is 10.8 Å². The monoisotopic (exact) mass is 251 g/mol. The van der Waals surface area contributed by atoms with Gasteiger partial charge >= 0.3 is 5.43 Å². The van der Waals surface area contributed by atoms with E-state index in [0.29, 0.717) is 10.8 Å². The second kappa shape index (κ2) is 4.39. The van der Waals surface area contributed by atoms with Crippen molar-refractivity contribution in [3.8, 4) is 5.75 Å². The van der Waals surface area contributed by atoms with E-state index in [1.807, 2.05) is 0 Å². The summed E-state index contributed by atoms with van der Waals surface area (Å²) in [7, 11) is 0. The van der Waals surface area contributed by atoms with Gasteiger partial charge in [-0.2, -0.15) is 0 Å². The van der Waals surface area contributed by atoms with Crippen molar-refractivity contribution in [2.45, 2.75) is 0 Å². The third-order valence-electron chi connectivity index (χ3n) is 2.25. The van der Waals surface area contributed by atoms with Gasteiger partial charge in [-0.15, -0.1) is 0 Å². The second-order valence-electron chi connectivity index (χ2n) is 3.23. The highest BCUT2D eigenvalue weighted by Gasteiger charge is 2.15. The number of fused-ring (bicyclic) bond motifs is 1. The number of rotatable bonds is 2. The van der Waals surface area contributed by atoms with Crippen LogP contribution in [0.3, 0.4) is 0 Å².